The summed E-state index contributed by atoms with van der Waals surface area (Å²) in [6.45, 7) is 2.99. The Labute approximate surface area is 154 Å². The van der Waals surface area contributed by atoms with E-state index in [1.165, 1.54) is 10.6 Å². The van der Waals surface area contributed by atoms with Gasteiger partial charge in [-0.05, 0) is 25.0 Å². The van der Waals surface area contributed by atoms with Gasteiger partial charge in [0, 0.05) is 32.7 Å². The average Bonchev–Trinajstić information content (AvgIpc) is 2.61. The van der Waals surface area contributed by atoms with Gasteiger partial charge in [0.25, 0.3) is 0 Å². The molecule has 0 N–H and O–H groups in total. The Morgan fingerprint density at radius 1 is 1.08 bits per heavy atom. The van der Waals surface area contributed by atoms with E-state index in [1.54, 1.807) is 4.90 Å². The van der Waals surface area contributed by atoms with Gasteiger partial charge in [-0.2, -0.15) is 4.31 Å². The second-order valence-electron chi connectivity index (χ2n) is 6.65. The van der Waals surface area contributed by atoms with Crippen LogP contribution in [0.3, 0.4) is 0 Å². The summed E-state index contributed by atoms with van der Waals surface area (Å²) in [5.74, 6) is -0.0658. The van der Waals surface area contributed by atoms with Crippen molar-refractivity contribution in [1.29, 1.82) is 0 Å². The number of anilines is 1. The summed E-state index contributed by atoms with van der Waals surface area (Å²) in [5, 5.41) is 0.706. The number of rotatable bonds is 3. The van der Waals surface area contributed by atoms with Gasteiger partial charge < -0.3 is 9.80 Å². The highest BCUT2D eigenvalue weighted by molar-refractivity contribution is 7.88. The van der Waals surface area contributed by atoms with Crippen LogP contribution in [0.1, 0.15) is 19.3 Å². The van der Waals surface area contributed by atoms with Crippen molar-refractivity contribution in [2.45, 2.75) is 25.3 Å². The predicted molar refractivity (Wildman–Crippen MR) is 99.4 cm³/mol. The SMILES string of the molecule is CS(=O)(=O)N1CCCCC1C(=O)N1CCN(c2ccccc2Cl)CC1. The fourth-order valence-electron chi connectivity index (χ4n) is 3.64. The minimum absolute atomic E-state index is 0.0658. The number of carbonyl (C=O) groups excluding carboxylic acids is 1. The maximum absolute atomic E-state index is 12.9. The first kappa shape index (κ1) is 18.5. The van der Waals surface area contributed by atoms with E-state index in [1.807, 2.05) is 24.3 Å². The van der Waals surface area contributed by atoms with Gasteiger partial charge in [0.05, 0.1) is 17.0 Å². The number of sulfonamides is 1. The molecule has 1 unspecified atom stereocenters. The number of piperazine rings is 1. The number of para-hydroxylation sites is 1. The van der Waals surface area contributed by atoms with Crippen molar-refractivity contribution in [2.24, 2.45) is 0 Å². The van der Waals surface area contributed by atoms with Crippen molar-refractivity contribution >= 4 is 33.2 Å². The third-order valence-electron chi connectivity index (χ3n) is 4.95. The van der Waals surface area contributed by atoms with E-state index in [0.29, 0.717) is 44.2 Å². The van der Waals surface area contributed by atoms with E-state index in [4.69, 9.17) is 11.6 Å². The Bertz CT molecular complexity index is 732. The van der Waals surface area contributed by atoms with Crippen molar-refractivity contribution in [3.8, 4) is 0 Å². The topological polar surface area (TPSA) is 60.9 Å². The first-order valence-corrected chi connectivity index (χ1v) is 10.9. The summed E-state index contributed by atoms with van der Waals surface area (Å²) in [6, 6.07) is 7.14. The first-order valence-electron chi connectivity index (χ1n) is 8.63. The lowest BCUT2D eigenvalue weighted by molar-refractivity contribution is -0.136. The standard InChI is InChI=1S/C17H24ClN3O3S/c1-25(23,24)21-9-5-4-8-16(21)17(22)20-12-10-19(11-13-20)15-7-3-2-6-14(15)18/h2-3,6-7,16H,4-5,8-13H2,1H3. The molecule has 1 atom stereocenters. The quantitative estimate of drug-likeness (QED) is 0.796. The van der Waals surface area contributed by atoms with Crippen LogP contribution >= 0.6 is 11.6 Å². The summed E-state index contributed by atoms with van der Waals surface area (Å²) in [6.07, 6.45) is 3.50. The Morgan fingerprint density at radius 2 is 1.76 bits per heavy atom. The Hall–Kier alpha value is -1.31. The normalized spacial score (nSPS) is 22.9. The summed E-state index contributed by atoms with van der Waals surface area (Å²) in [5.41, 5.74) is 0.978. The number of amides is 1. The first-order chi connectivity index (χ1) is 11.9. The second kappa shape index (κ2) is 7.51. The molecular formula is C17H24ClN3O3S. The van der Waals surface area contributed by atoms with Gasteiger partial charge >= 0.3 is 0 Å². The predicted octanol–water partition coefficient (Wildman–Crippen LogP) is 1.80. The van der Waals surface area contributed by atoms with E-state index >= 15 is 0 Å². The van der Waals surface area contributed by atoms with E-state index in [0.717, 1.165) is 18.5 Å². The largest absolute Gasteiger partial charge is 0.367 e. The van der Waals surface area contributed by atoms with Crippen molar-refractivity contribution in [2.75, 3.05) is 43.9 Å². The highest BCUT2D eigenvalue weighted by Gasteiger charge is 2.37. The highest BCUT2D eigenvalue weighted by atomic mass is 35.5. The molecule has 2 aliphatic rings. The molecule has 0 aliphatic carbocycles. The lowest BCUT2D eigenvalue weighted by atomic mass is 10.0. The van der Waals surface area contributed by atoms with Crippen molar-refractivity contribution in [3.63, 3.8) is 0 Å². The van der Waals surface area contributed by atoms with E-state index in [9.17, 15) is 13.2 Å². The van der Waals surface area contributed by atoms with E-state index in [-0.39, 0.29) is 5.91 Å². The van der Waals surface area contributed by atoms with Crippen LogP contribution < -0.4 is 4.90 Å². The van der Waals surface area contributed by atoms with Crippen LogP contribution in [0.2, 0.25) is 5.02 Å². The molecule has 2 fully saturated rings. The summed E-state index contributed by atoms with van der Waals surface area (Å²) < 4.78 is 25.4. The molecule has 3 rings (SSSR count). The fraction of sp³-hybridized carbons (Fsp3) is 0.588. The molecule has 2 aliphatic heterocycles. The number of hydrogen-bond donors (Lipinski definition) is 0. The van der Waals surface area contributed by atoms with Crippen LogP contribution in [0, 0.1) is 0 Å². The number of hydrogen-bond acceptors (Lipinski definition) is 4. The second-order valence-corrected chi connectivity index (χ2v) is 8.99. The van der Waals surface area contributed by atoms with Crippen LogP contribution in [0.5, 0.6) is 0 Å². The van der Waals surface area contributed by atoms with E-state index < -0.39 is 16.1 Å². The molecule has 0 radical (unpaired) electrons. The van der Waals surface area contributed by atoms with Gasteiger partial charge in [0.15, 0.2) is 0 Å². The van der Waals surface area contributed by atoms with Gasteiger partial charge in [0.1, 0.15) is 6.04 Å². The Balaban J connectivity index is 1.66. The summed E-state index contributed by atoms with van der Waals surface area (Å²) in [7, 11) is -3.36. The molecule has 138 valence electrons. The molecular weight excluding hydrogens is 362 g/mol. The van der Waals surface area contributed by atoms with Gasteiger partial charge in [-0.3, -0.25) is 4.79 Å². The third-order valence-corrected chi connectivity index (χ3v) is 6.56. The van der Waals surface area contributed by atoms with Crippen LogP contribution in [-0.2, 0) is 14.8 Å². The molecule has 2 saturated heterocycles. The van der Waals surface area contributed by atoms with Crippen molar-refractivity contribution < 1.29 is 13.2 Å². The molecule has 1 aromatic carbocycles. The summed E-state index contributed by atoms with van der Waals surface area (Å²) >= 11 is 6.25. The lowest BCUT2D eigenvalue weighted by Gasteiger charge is -2.40. The smallest absolute Gasteiger partial charge is 0.241 e. The Morgan fingerprint density at radius 3 is 2.40 bits per heavy atom. The minimum atomic E-state index is -3.36. The fourth-order valence-corrected chi connectivity index (χ4v) is 5.01. The van der Waals surface area contributed by atoms with Crippen LogP contribution in [0.15, 0.2) is 24.3 Å². The number of halogens is 1. The lowest BCUT2D eigenvalue weighted by Crippen LogP contribution is -2.57. The monoisotopic (exact) mass is 385 g/mol. The van der Waals surface area contributed by atoms with Crippen LogP contribution in [-0.4, -0.2) is 68.6 Å². The molecule has 25 heavy (non-hydrogen) atoms. The molecule has 0 bridgehead atoms. The molecule has 6 nitrogen and oxygen atoms in total. The van der Waals surface area contributed by atoms with Crippen molar-refractivity contribution in [1.82, 2.24) is 9.21 Å². The molecule has 1 amide bonds. The molecule has 1 aromatic rings. The molecule has 0 saturated carbocycles. The third kappa shape index (κ3) is 4.10. The zero-order valence-corrected chi connectivity index (χ0v) is 16.0. The summed E-state index contributed by atoms with van der Waals surface area (Å²) in [4.78, 5) is 16.9. The number of benzene rings is 1. The Kier molecular flexibility index (Phi) is 5.55. The van der Waals surface area contributed by atoms with E-state index in [2.05, 4.69) is 4.90 Å². The molecule has 8 heteroatoms. The number of nitrogens with zero attached hydrogens (tertiary/aromatic N) is 3. The average molecular weight is 386 g/mol. The molecule has 0 aromatic heterocycles. The van der Waals surface area contributed by atoms with Gasteiger partial charge in [0.2, 0.25) is 15.9 Å². The number of piperidine rings is 1. The van der Waals surface area contributed by atoms with Gasteiger partial charge in [-0.1, -0.05) is 30.2 Å². The van der Waals surface area contributed by atoms with Gasteiger partial charge in [-0.25, -0.2) is 8.42 Å². The maximum Gasteiger partial charge on any atom is 0.241 e. The van der Waals surface area contributed by atoms with Gasteiger partial charge in [-0.15, -0.1) is 0 Å². The highest BCUT2D eigenvalue weighted by Crippen LogP contribution is 2.27. The van der Waals surface area contributed by atoms with Crippen LogP contribution in [0.25, 0.3) is 0 Å². The minimum Gasteiger partial charge on any atom is -0.367 e. The molecule has 2 heterocycles. The van der Waals surface area contributed by atoms with Crippen LogP contribution in [0.4, 0.5) is 5.69 Å². The molecule has 0 spiro atoms. The number of carbonyl (C=O) groups is 1. The zero-order valence-electron chi connectivity index (χ0n) is 14.4. The van der Waals surface area contributed by atoms with Crippen molar-refractivity contribution in [3.05, 3.63) is 29.3 Å². The maximum atomic E-state index is 12.9. The zero-order chi connectivity index (χ0) is 18.0.